The molecule has 0 bridgehead atoms. The van der Waals surface area contributed by atoms with Gasteiger partial charge in [-0.1, -0.05) is 24.3 Å². The predicted octanol–water partition coefficient (Wildman–Crippen LogP) is 3.32. The normalized spacial score (nSPS) is 15.7. The first kappa shape index (κ1) is 18.4. The Bertz CT molecular complexity index is 724. The number of benzene rings is 2. The van der Waals surface area contributed by atoms with Crippen molar-refractivity contribution < 1.29 is 14.6 Å². The Labute approximate surface area is 154 Å². The highest BCUT2D eigenvalue weighted by atomic mass is 16.5. The molecule has 1 saturated heterocycles. The first-order valence-electron chi connectivity index (χ1n) is 9.08. The SMILES string of the molecule is COc1ccc(C(CNCc2cccc(C(=O)O)c2)N2CCCC2)cc1. The van der Waals surface area contributed by atoms with Crippen LogP contribution in [0.2, 0.25) is 0 Å². The van der Waals surface area contributed by atoms with E-state index in [-0.39, 0.29) is 0 Å². The quantitative estimate of drug-likeness (QED) is 0.761. The Morgan fingerprint density at radius 3 is 2.58 bits per heavy atom. The number of carbonyl (C=O) groups is 1. The summed E-state index contributed by atoms with van der Waals surface area (Å²) in [5, 5.41) is 12.6. The molecule has 1 atom stereocenters. The number of nitrogens with zero attached hydrogens (tertiary/aromatic N) is 1. The maximum absolute atomic E-state index is 11.1. The van der Waals surface area contributed by atoms with Crippen LogP contribution in [0.1, 0.15) is 40.4 Å². The maximum atomic E-state index is 11.1. The molecule has 1 heterocycles. The van der Waals surface area contributed by atoms with Crippen LogP contribution in [-0.4, -0.2) is 42.7 Å². The Morgan fingerprint density at radius 1 is 1.19 bits per heavy atom. The van der Waals surface area contributed by atoms with Crippen LogP contribution < -0.4 is 10.1 Å². The van der Waals surface area contributed by atoms with E-state index >= 15 is 0 Å². The zero-order valence-electron chi connectivity index (χ0n) is 15.1. The third kappa shape index (κ3) is 4.62. The monoisotopic (exact) mass is 354 g/mol. The Morgan fingerprint density at radius 2 is 1.92 bits per heavy atom. The highest BCUT2D eigenvalue weighted by Gasteiger charge is 2.23. The van der Waals surface area contributed by atoms with Gasteiger partial charge >= 0.3 is 5.97 Å². The molecule has 2 aromatic carbocycles. The fourth-order valence-corrected chi connectivity index (χ4v) is 3.50. The Hall–Kier alpha value is -2.37. The Kier molecular flexibility index (Phi) is 6.26. The van der Waals surface area contributed by atoms with E-state index < -0.39 is 5.97 Å². The van der Waals surface area contributed by atoms with Crippen LogP contribution in [0.15, 0.2) is 48.5 Å². The highest BCUT2D eigenvalue weighted by Crippen LogP contribution is 2.26. The summed E-state index contributed by atoms with van der Waals surface area (Å²) in [5.74, 6) is -0.0209. The van der Waals surface area contributed by atoms with Gasteiger partial charge in [-0.05, 0) is 61.3 Å². The van der Waals surface area contributed by atoms with Gasteiger partial charge in [0.15, 0.2) is 0 Å². The lowest BCUT2D eigenvalue weighted by Crippen LogP contribution is -2.34. The van der Waals surface area contributed by atoms with Gasteiger partial charge < -0.3 is 15.2 Å². The van der Waals surface area contributed by atoms with Crippen LogP contribution in [0.3, 0.4) is 0 Å². The number of nitrogens with one attached hydrogen (secondary N) is 1. The second-order valence-corrected chi connectivity index (χ2v) is 6.67. The minimum absolute atomic E-state index is 0.311. The topological polar surface area (TPSA) is 61.8 Å². The van der Waals surface area contributed by atoms with Crippen LogP contribution in [0.5, 0.6) is 5.75 Å². The van der Waals surface area contributed by atoms with E-state index in [0.717, 1.165) is 30.9 Å². The van der Waals surface area contributed by atoms with Crippen molar-refractivity contribution in [2.75, 3.05) is 26.7 Å². The van der Waals surface area contributed by atoms with E-state index in [0.29, 0.717) is 18.2 Å². The second kappa shape index (κ2) is 8.83. The molecule has 5 nitrogen and oxygen atoms in total. The summed E-state index contributed by atoms with van der Waals surface area (Å²) in [6.45, 7) is 3.71. The molecular formula is C21H26N2O3. The van der Waals surface area contributed by atoms with E-state index in [1.165, 1.54) is 18.4 Å². The van der Waals surface area contributed by atoms with Crippen LogP contribution >= 0.6 is 0 Å². The summed E-state index contributed by atoms with van der Waals surface area (Å²) in [7, 11) is 1.68. The molecular weight excluding hydrogens is 328 g/mol. The van der Waals surface area contributed by atoms with E-state index in [4.69, 9.17) is 9.84 Å². The van der Waals surface area contributed by atoms with Gasteiger partial charge in [-0.25, -0.2) is 4.79 Å². The molecule has 0 radical (unpaired) electrons. The molecule has 0 spiro atoms. The third-order valence-electron chi connectivity index (χ3n) is 4.92. The number of methoxy groups -OCH3 is 1. The number of rotatable bonds is 8. The van der Waals surface area contributed by atoms with Crippen molar-refractivity contribution in [1.82, 2.24) is 10.2 Å². The molecule has 2 N–H and O–H groups in total. The number of hydrogen-bond donors (Lipinski definition) is 2. The minimum Gasteiger partial charge on any atom is -0.497 e. The third-order valence-corrected chi connectivity index (χ3v) is 4.92. The molecule has 2 aromatic rings. The molecule has 138 valence electrons. The Balaban J connectivity index is 1.66. The average Bonchev–Trinajstić information content (AvgIpc) is 3.20. The summed E-state index contributed by atoms with van der Waals surface area (Å²) in [6, 6.07) is 15.7. The lowest BCUT2D eigenvalue weighted by atomic mass is 10.0. The second-order valence-electron chi connectivity index (χ2n) is 6.67. The molecule has 1 aliphatic heterocycles. The molecule has 0 saturated carbocycles. The molecule has 3 rings (SSSR count). The molecule has 26 heavy (non-hydrogen) atoms. The van der Waals surface area contributed by atoms with E-state index in [9.17, 15) is 4.79 Å². The first-order valence-corrected chi connectivity index (χ1v) is 9.08. The lowest BCUT2D eigenvalue weighted by molar-refractivity contribution is 0.0696. The van der Waals surface area contributed by atoms with Crippen LogP contribution in [-0.2, 0) is 6.54 Å². The number of likely N-dealkylation sites (tertiary alicyclic amines) is 1. The number of carboxylic acids is 1. The van der Waals surface area contributed by atoms with Crippen molar-refractivity contribution in [3.8, 4) is 5.75 Å². The van der Waals surface area contributed by atoms with Crippen molar-refractivity contribution in [3.05, 3.63) is 65.2 Å². The summed E-state index contributed by atoms with van der Waals surface area (Å²) in [6.07, 6.45) is 2.49. The zero-order chi connectivity index (χ0) is 18.4. The van der Waals surface area contributed by atoms with Gasteiger partial charge in [-0.15, -0.1) is 0 Å². The minimum atomic E-state index is -0.889. The van der Waals surface area contributed by atoms with E-state index in [2.05, 4.69) is 22.3 Å². The van der Waals surface area contributed by atoms with Gasteiger partial charge in [0.2, 0.25) is 0 Å². The largest absolute Gasteiger partial charge is 0.497 e. The number of aromatic carboxylic acids is 1. The van der Waals surface area contributed by atoms with E-state index in [1.54, 1.807) is 25.3 Å². The van der Waals surface area contributed by atoms with Crippen molar-refractivity contribution in [2.24, 2.45) is 0 Å². The molecule has 1 fully saturated rings. The standard InChI is InChI=1S/C21H26N2O3/c1-26-19-9-7-17(8-10-19)20(23-11-2-3-12-23)15-22-14-16-5-4-6-18(13-16)21(24)25/h4-10,13,20,22H,2-3,11-12,14-15H2,1H3,(H,24,25). The van der Waals surface area contributed by atoms with Crippen molar-refractivity contribution >= 4 is 5.97 Å². The summed E-state index contributed by atoms with van der Waals surface area (Å²) in [4.78, 5) is 13.6. The molecule has 0 aliphatic carbocycles. The summed E-state index contributed by atoms with van der Waals surface area (Å²) in [5.41, 5.74) is 2.59. The van der Waals surface area contributed by atoms with Crippen molar-refractivity contribution in [1.29, 1.82) is 0 Å². The molecule has 5 heteroatoms. The fraction of sp³-hybridized carbons (Fsp3) is 0.381. The predicted molar refractivity (Wildman–Crippen MR) is 102 cm³/mol. The summed E-state index contributed by atoms with van der Waals surface area (Å²) >= 11 is 0. The number of carboxylic acid groups (broad SMARTS) is 1. The van der Waals surface area contributed by atoms with Gasteiger partial charge in [0, 0.05) is 19.1 Å². The highest BCUT2D eigenvalue weighted by molar-refractivity contribution is 5.87. The van der Waals surface area contributed by atoms with Crippen LogP contribution in [0, 0.1) is 0 Å². The van der Waals surface area contributed by atoms with E-state index in [1.807, 2.05) is 18.2 Å². The van der Waals surface area contributed by atoms with Gasteiger partial charge in [-0.3, -0.25) is 4.90 Å². The molecule has 0 aromatic heterocycles. The maximum Gasteiger partial charge on any atom is 0.335 e. The van der Waals surface area contributed by atoms with Crippen molar-refractivity contribution in [2.45, 2.75) is 25.4 Å². The number of hydrogen-bond acceptors (Lipinski definition) is 4. The molecule has 1 aliphatic rings. The van der Waals surface area contributed by atoms with Gasteiger partial charge in [0.05, 0.1) is 12.7 Å². The van der Waals surface area contributed by atoms with Gasteiger partial charge in [-0.2, -0.15) is 0 Å². The van der Waals surface area contributed by atoms with Gasteiger partial charge in [0.1, 0.15) is 5.75 Å². The smallest absolute Gasteiger partial charge is 0.335 e. The average molecular weight is 354 g/mol. The molecule has 0 amide bonds. The zero-order valence-corrected chi connectivity index (χ0v) is 15.1. The van der Waals surface area contributed by atoms with Crippen LogP contribution in [0.25, 0.3) is 0 Å². The summed E-state index contributed by atoms with van der Waals surface area (Å²) < 4.78 is 5.27. The first-order chi connectivity index (χ1) is 12.7. The fourth-order valence-electron chi connectivity index (χ4n) is 3.50. The van der Waals surface area contributed by atoms with Gasteiger partial charge in [0.25, 0.3) is 0 Å². The number of ether oxygens (including phenoxy) is 1. The lowest BCUT2D eigenvalue weighted by Gasteiger charge is -2.28. The molecule has 1 unspecified atom stereocenters. The van der Waals surface area contributed by atoms with Crippen LogP contribution in [0.4, 0.5) is 0 Å². The van der Waals surface area contributed by atoms with Crippen molar-refractivity contribution in [3.63, 3.8) is 0 Å².